The number of nitrogens with zero attached hydrogens (tertiary/aromatic N) is 1. The zero-order valence-electron chi connectivity index (χ0n) is 20.1. The molecule has 2 heterocycles. The number of pyridine rings is 1. The van der Waals surface area contributed by atoms with Crippen LogP contribution in [0.2, 0.25) is 0 Å². The maximum absolute atomic E-state index is 14.0. The number of aromatic amines is 1. The molecule has 0 aliphatic rings. The number of aryl methyl sites for hydroxylation is 1. The topological polar surface area (TPSA) is 78.0 Å². The van der Waals surface area contributed by atoms with Gasteiger partial charge in [-0.05, 0) is 72.0 Å². The summed E-state index contributed by atoms with van der Waals surface area (Å²) in [7, 11) is 0. The minimum Gasteiger partial charge on any atom is -0.508 e. The molecule has 0 aliphatic carbocycles. The van der Waals surface area contributed by atoms with E-state index in [4.69, 9.17) is 0 Å². The van der Waals surface area contributed by atoms with Crippen LogP contribution in [-0.4, -0.2) is 21.0 Å². The molecule has 0 radical (unpaired) electrons. The standard InChI is InChI=1S/C30H25F2N3O2/c1-18-5-2-3-6-24(18)25-7-4-10-33-30(25)28(13-19-11-21(31)15-22(32)12-19)35-29(37)14-20-17-34-27-9-8-23(36)16-26(20)27/h2-12,15-17,28,34,36H,13-14H2,1H3,(H,35,37)/t28-/m0/s1. The highest BCUT2D eigenvalue weighted by Crippen LogP contribution is 2.31. The molecule has 0 saturated heterocycles. The molecule has 37 heavy (non-hydrogen) atoms. The van der Waals surface area contributed by atoms with Crippen LogP contribution in [0.15, 0.2) is 85.2 Å². The Bertz CT molecular complexity index is 1580. The van der Waals surface area contributed by atoms with Crippen molar-refractivity contribution in [3.05, 3.63) is 119 Å². The van der Waals surface area contributed by atoms with E-state index >= 15 is 0 Å². The van der Waals surface area contributed by atoms with Crippen LogP contribution in [0.4, 0.5) is 8.78 Å². The fourth-order valence-electron chi connectivity index (χ4n) is 4.71. The number of benzene rings is 3. The van der Waals surface area contributed by atoms with Crippen LogP contribution in [0.25, 0.3) is 22.0 Å². The lowest BCUT2D eigenvalue weighted by molar-refractivity contribution is -0.121. The number of hydrogen-bond acceptors (Lipinski definition) is 3. The fraction of sp³-hybridized carbons (Fsp3) is 0.133. The van der Waals surface area contributed by atoms with Crippen molar-refractivity contribution in [1.29, 1.82) is 0 Å². The fourth-order valence-corrected chi connectivity index (χ4v) is 4.71. The van der Waals surface area contributed by atoms with Crippen molar-refractivity contribution in [2.75, 3.05) is 0 Å². The van der Waals surface area contributed by atoms with Crippen LogP contribution in [0.3, 0.4) is 0 Å². The summed E-state index contributed by atoms with van der Waals surface area (Å²) in [5.74, 6) is -1.54. The largest absolute Gasteiger partial charge is 0.508 e. The summed E-state index contributed by atoms with van der Waals surface area (Å²) in [5, 5.41) is 13.7. The molecule has 0 saturated carbocycles. The minimum atomic E-state index is -0.682. The van der Waals surface area contributed by atoms with Crippen molar-refractivity contribution < 1.29 is 18.7 Å². The maximum atomic E-state index is 14.0. The van der Waals surface area contributed by atoms with Gasteiger partial charge in [-0.25, -0.2) is 8.78 Å². The molecule has 5 aromatic rings. The lowest BCUT2D eigenvalue weighted by Gasteiger charge is -2.22. The first-order valence-electron chi connectivity index (χ1n) is 11.9. The number of phenols is 1. The first-order chi connectivity index (χ1) is 17.9. The number of rotatable bonds is 7. The van der Waals surface area contributed by atoms with E-state index in [1.807, 2.05) is 43.3 Å². The van der Waals surface area contributed by atoms with E-state index in [1.165, 1.54) is 12.1 Å². The van der Waals surface area contributed by atoms with E-state index in [0.717, 1.165) is 39.2 Å². The molecule has 7 heteroatoms. The van der Waals surface area contributed by atoms with Gasteiger partial charge in [-0.15, -0.1) is 0 Å². The molecule has 1 amide bonds. The zero-order valence-corrected chi connectivity index (χ0v) is 20.1. The SMILES string of the molecule is Cc1ccccc1-c1cccnc1[C@H](Cc1cc(F)cc(F)c1)NC(=O)Cc1c[nH]c2ccc(O)cc12. The van der Waals surface area contributed by atoms with Gasteiger partial charge in [-0.1, -0.05) is 30.3 Å². The molecule has 0 spiro atoms. The summed E-state index contributed by atoms with van der Waals surface area (Å²) in [4.78, 5) is 21.0. The quantitative estimate of drug-likeness (QED) is 0.252. The second-order valence-electron chi connectivity index (χ2n) is 9.07. The first kappa shape index (κ1) is 24.2. The van der Waals surface area contributed by atoms with Crippen molar-refractivity contribution >= 4 is 16.8 Å². The highest BCUT2D eigenvalue weighted by Gasteiger charge is 2.22. The number of aromatic nitrogens is 2. The Hall–Kier alpha value is -4.52. The van der Waals surface area contributed by atoms with Crippen molar-refractivity contribution in [3.63, 3.8) is 0 Å². The summed E-state index contributed by atoms with van der Waals surface area (Å²) in [6, 6.07) is 19.2. The van der Waals surface area contributed by atoms with E-state index in [1.54, 1.807) is 30.6 Å². The Balaban J connectivity index is 1.51. The lowest BCUT2D eigenvalue weighted by Crippen LogP contribution is -2.32. The molecule has 2 aromatic heterocycles. The second kappa shape index (κ2) is 10.2. The zero-order chi connectivity index (χ0) is 25.9. The van der Waals surface area contributed by atoms with E-state index < -0.39 is 17.7 Å². The molecule has 5 rings (SSSR count). The predicted octanol–water partition coefficient (Wildman–Crippen LogP) is 6.16. The molecule has 3 aromatic carbocycles. The van der Waals surface area contributed by atoms with Crippen LogP contribution >= 0.6 is 0 Å². The molecule has 186 valence electrons. The van der Waals surface area contributed by atoms with E-state index in [0.29, 0.717) is 11.3 Å². The number of halogens is 2. The number of phenolic OH excluding ortho intramolecular Hbond substituents is 1. The number of hydrogen-bond donors (Lipinski definition) is 3. The Morgan fingerprint density at radius 1 is 1.00 bits per heavy atom. The third-order valence-corrected chi connectivity index (χ3v) is 6.40. The molecule has 0 unspecified atom stereocenters. The normalized spacial score (nSPS) is 12.0. The Morgan fingerprint density at radius 2 is 1.76 bits per heavy atom. The van der Waals surface area contributed by atoms with Gasteiger partial charge in [0.1, 0.15) is 17.4 Å². The Labute approximate surface area is 212 Å². The summed E-state index contributed by atoms with van der Waals surface area (Å²) < 4.78 is 28.0. The van der Waals surface area contributed by atoms with E-state index in [9.17, 15) is 18.7 Å². The number of fused-ring (bicyclic) bond motifs is 1. The van der Waals surface area contributed by atoms with Crippen molar-refractivity contribution in [2.24, 2.45) is 0 Å². The van der Waals surface area contributed by atoms with E-state index in [2.05, 4.69) is 15.3 Å². The number of aromatic hydroxyl groups is 1. The first-order valence-corrected chi connectivity index (χ1v) is 11.9. The van der Waals surface area contributed by atoms with Gasteiger partial charge >= 0.3 is 0 Å². The van der Waals surface area contributed by atoms with Crippen molar-refractivity contribution in [1.82, 2.24) is 15.3 Å². The molecular weight excluding hydrogens is 472 g/mol. The molecule has 0 aliphatic heterocycles. The molecule has 3 N–H and O–H groups in total. The summed E-state index contributed by atoms with van der Waals surface area (Å²) in [6.07, 6.45) is 3.57. The predicted molar refractivity (Wildman–Crippen MR) is 139 cm³/mol. The number of H-pyrrole nitrogens is 1. The number of carbonyl (C=O) groups is 1. The van der Waals surface area contributed by atoms with Crippen LogP contribution in [0.1, 0.15) is 28.4 Å². The molecule has 0 bridgehead atoms. The highest BCUT2D eigenvalue weighted by molar-refractivity contribution is 5.90. The van der Waals surface area contributed by atoms with Gasteiger partial charge in [0.05, 0.1) is 18.2 Å². The van der Waals surface area contributed by atoms with Gasteiger partial charge in [0.25, 0.3) is 0 Å². The summed E-state index contributed by atoms with van der Waals surface area (Å²) in [5.41, 5.74) is 5.37. The number of amides is 1. The van der Waals surface area contributed by atoms with Crippen molar-refractivity contribution in [3.8, 4) is 16.9 Å². The van der Waals surface area contributed by atoms with Crippen LogP contribution in [0.5, 0.6) is 5.75 Å². The number of carbonyl (C=O) groups excluding carboxylic acids is 1. The van der Waals surface area contributed by atoms with Gasteiger partial charge in [-0.2, -0.15) is 0 Å². The monoisotopic (exact) mass is 497 g/mol. The lowest BCUT2D eigenvalue weighted by atomic mass is 9.93. The molecule has 0 fully saturated rings. The summed E-state index contributed by atoms with van der Waals surface area (Å²) >= 11 is 0. The van der Waals surface area contributed by atoms with Gasteiger partial charge in [0, 0.05) is 34.9 Å². The molecule has 5 nitrogen and oxygen atoms in total. The third kappa shape index (κ3) is 5.35. The summed E-state index contributed by atoms with van der Waals surface area (Å²) in [6.45, 7) is 1.99. The minimum absolute atomic E-state index is 0.0456. The average molecular weight is 498 g/mol. The average Bonchev–Trinajstić information content (AvgIpc) is 3.25. The maximum Gasteiger partial charge on any atom is 0.225 e. The van der Waals surface area contributed by atoms with E-state index in [-0.39, 0.29) is 24.5 Å². The van der Waals surface area contributed by atoms with Crippen LogP contribution in [0, 0.1) is 18.6 Å². The van der Waals surface area contributed by atoms with Crippen molar-refractivity contribution in [2.45, 2.75) is 25.8 Å². The smallest absolute Gasteiger partial charge is 0.225 e. The number of nitrogens with one attached hydrogen (secondary N) is 2. The van der Waals surface area contributed by atoms with Gasteiger partial charge in [-0.3, -0.25) is 9.78 Å². The Morgan fingerprint density at radius 3 is 2.54 bits per heavy atom. The van der Waals surface area contributed by atoms with Crippen LogP contribution in [-0.2, 0) is 17.6 Å². The Kier molecular flexibility index (Phi) is 6.68. The second-order valence-corrected chi connectivity index (χ2v) is 9.07. The van der Waals surface area contributed by atoms with Crippen LogP contribution < -0.4 is 5.32 Å². The highest BCUT2D eigenvalue weighted by atomic mass is 19.1. The molecule has 1 atom stereocenters. The molecular formula is C30H25F2N3O2. The third-order valence-electron chi connectivity index (χ3n) is 6.40. The van der Waals surface area contributed by atoms with Gasteiger partial charge in [0.15, 0.2) is 0 Å². The van der Waals surface area contributed by atoms with Gasteiger partial charge in [0.2, 0.25) is 5.91 Å². The van der Waals surface area contributed by atoms with Gasteiger partial charge < -0.3 is 15.4 Å².